The summed E-state index contributed by atoms with van der Waals surface area (Å²) in [5.41, 5.74) is -0.129. The molecule has 1 rings (SSSR count). The molecule has 8 heteroatoms. The molecule has 1 aromatic heterocycles. The van der Waals surface area contributed by atoms with Gasteiger partial charge in [0.1, 0.15) is 18.1 Å². The lowest BCUT2D eigenvalue weighted by atomic mass is 10.3. The molecular weight excluding hydrogens is 306 g/mol. The second kappa shape index (κ2) is 6.29. The van der Waals surface area contributed by atoms with Gasteiger partial charge in [-0.1, -0.05) is 0 Å². The lowest BCUT2D eigenvalue weighted by Gasteiger charge is -2.13. The molecule has 1 aromatic rings. The van der Waals surface area contributed by atoms with Crippen molar-refractivity contribution < 1.29 is 14.5 Å². The zero-order chi connectivity index (χ0) is 13.7. The van der Waals surface area contributed by atoms with Gasteiger partial charge in [0, 0.05) is 6.07 Å². The normalized spacial score (nSPS) is 11.7. The van der Waals surface area contributed by atoms with Crippen molar-refractivity contribution in [3.8, 4) is 0 Å². The van der Waals surface area contributed by atoms with Crippen LogP contribution in [0.15, 0.2) is 16.7 Å². The third kappa shape index (κ3) is 3.66. The van der Waals surface area contributed by atoms with Gasteiger partial charge in [-0.2, -0.15) is 0 Å². The predicted molar refractivity (Wildman–Crippen MR) is 68.3 cm³/mol. The van der Waals surface area contributed by atoms with Crippen molar-refractivity contribution in [3.05, 3.63) is 26.9 Å². The Kier molecular flexibility index (Phi) is 5.02. The highest BCUT2D eigenvalue weighted by molar-refractivity contribution is 9.10. The van der Waals surface area contributed by atoms with E-state index in [1.807, 2.05) is 0 Å². The maximum Gasteiger partial charge on any atom is 0.328 e. The summed E-state index contributed by atoms with van der Waals surface area (Å²) in [5, 5.41) is 13.3. The number of pyridine rings is 1. The van der Waals surface area contributed by atoms with E-state index in [0.717, 1.165) is 6.20 Å². The summed E-state index contributed by atoms with van der Waals surface area (Å²) in [6.45, 7) is 3.62. The summed E-state index contributed by atoms with van der Waals surface area (Å²) < 4.78 is 5.23. The molecule has 0 aliphatic heterocycles. The average molecular weight is 318 g/mol. The van der Waals surface area contributed by atoms with Gasteiger partial charge in [-0.25, -0.2) is 9.78 Å². The number of aromatic nitrogens is 1. The molecule has 0 bridgehead atoms. The zero-order valence-corrected chi connectivity index (χ0v) is 11.4. The number of carbonyl (C=O) groups excluding carboxylic acids is 1. The van der Waals surface area contributed by atoms with Crippen LogP contribution in [-0.2, 0) is 9.53 Å². The van der Waals surface area contributed by atoms with Crippen molar-refractivity contribution in [3.63, 3.8) is 0 Å². The van der Waals surface area contributed by atoms with E-state index in [9.17, 15) is 14.9 Å². The van der Waals surface area contributed by atoms with Gasteiger partial charge >= 0.3 is 5.97 Å². The van der Waals surface area contributed by atoms with Crippen molar-refractivity contribution >= 4 is 33.4 Å². The third-order valence-corrected chi connectivity index (χ3v) is 2.64. The predicted octanol–water partition coefficient (Wildman–Crippen LogP) is 2.12. The Morgan fingerprint density at radius 2 is 2.39 bits per heavy atom. The maximum atomic E-state index is 11.4. The Balaban J connectivity index is 2.79. The third-order valence-electron chi connectivity index (χ3n) is 2.03. The number of nitro groups is 1. The molecule has 0 amide bonds. The molecule has 1 heterocycles. The molecular formula is C10H12BrN3O4. The Bertz CT molecular complexity index is 466. The summed E-state index contributed by atoms with van der Waals surface area (Å²) >= 11 is 3.15. The fraction of sp³-hybridized carbons (Fsp3) is 0.400. The van der Waals surface area contributed by atoms with Crippen LogP contribution in [0.1, 0.15) is 13.8 Å². The number of hydrogen-bond donors (Lipinski definition) is 1. The monoisotopic (exact) mass is 317 g/mol. The first kappa shape index (κ1) is 14.4. The number of anilines is 1. The molecule has 1 unspecified atom stereocenters. The molecule has 0 aromatic carbocycles. The fourth-order valence-electron chi connectivity index (χ4n) is 1.17. The summed E-state index contributed by atoms with van der Waals surface area (Å²) in [7, 11) is 0. The highest BCUT2D eigenvalue weighted by Gasteiger charge is 2.17. The van der Waals surface area contributed by atoms with E-state index in [0.29, 0.717) is 16.9 Å². The van der Waals surface area contributed by atoms with Crippen LogP contribution in [0.3, 0.4) is 0 Å². The lowest BCUT2D eigenvalue weighted by Crippen LogP contribution is -2.28. The fourth-order valence-corrected chi connectivity index (χ4v) is 1.62. The molecule has 98 valence electrons. The molecule has 0 aliphatic rings. The highest BCUT2D eigenvalue weighted by Crippen LogP contribution is 2.24. The smallest absolute Gasteiger partial charge is 0.328 e. The molecule has 1 N–H and O–H groups in total. The minimum Gasteiger partial charge on any atom is -0.464 e. The maximum absolute atomic E-state index is 11.4. The van der Waals surface area contributed by atoms with E-state index in [4.69, 9.17) is 4.74 Å². The Morgan fingerprint density at radius 3 is 2.89 bits per heavy atom. The van der Waals surface area contributed by atoms with Crippen molar-refractivity contribution in [2.45, 2.75) is 19.9 Å². The first-order valence-corrected chi connectivity index (χ1v) is 5.98. The topological polar surface area (TPSA) is 94.4 Å². The van der Waals surface area contributed by atoms with Crippen molar-refractivity contribution in [2.75, 3.05) is 11.9 Å². The molecule has 0 fully saturated rings. The van der Waals surface area contributed by atoms with E-state index in [1.54, 1.807) is 13.8 Å². The quantitative estimate of drug-likeness (QED) is 0.508. The minimum atomic E-state index is -0.588. The Hall–Kier alpha value is -1.70. The van der Waals surface area contributed by atoms with Gasteiger partial charge < -0.3 is 10.1 Å². The number of nitrogens with one attached hydrogen (secondary N) is 1. The molecule has 0 spiro atoms. The van der Waals surface area contributed by atoms with Crippen LogP contribution in [0.4, 0.5) is 11.5 Å². The van der Waals surface area contributed by atoms with Crippen LogP contribution in [0.25, 0.3) is 0 Å². The van der Waals surface area contributed by atoms with Crippen LogP contribution >= 0.6 is 15.9 Å². The van der Waals surface area contributed by atoms with Crippen LogP contribution in [0.5, 0.6) is 0 Å². The van der Waals surface area contributed by atoms with Gasteiger partial charge in [0.05, 0.1) is 16.0 Å². The Labute approximate surface area is 112 Å². The standard InChI is InChI=1S/C10H12BrN3O4/c1-3-18-10(15)6(2)13-9-8(11)4-7(5-12-9)14(16)17/h4-6H,3H2,1-2H3,(H,12,13). The van der Waals surface area contributed by atoms with Gasteiger partial charge in [-0.15, -0.1) is 0 Å². The number of nitrogens with zero attached hydrogens (tertiary/aromatic N) is 2. The van der Waals surface area contributed by atoms with Crippen molar-refractivity contribution in [1.82, 2.24) is 4.98 Å². The van der Waals surface area contributed by atoms with Crippen LogP contribution in [0, 0.1) is 10.1 Å². The summed E-state index contributed by atoms with van der Waals surface area (Å²) in [6.07, 6.45) is 1.12. The number of esters is 1. The van der Waals surface area contributed by atoms with Crippen LogP contribution in [0.2, 0.25) is 0 Å². The van der Waals surface area contributed by atoms with E-state index in [2.05, 4.69) is 26.2 Å². The van der Waals surface area contributed by atoms with Gasteiger partial charge in [0.25, 0.3) is 5.69 Å². The van der Waals surface area contributed by atoms with E-state index in [1.165, 1.54) is 6.07 Å². The zero-order valence-electron chi connectivity index (χ0n) is 9.84. The first-order chi connectivity index (χ1) is 8.45. The van der Waals surface area contributed by atoms with Gasteiger partial charge in [0.2, 0.25) is 0 Å². The average Bonchev–Trinajstić information content (AvgIpc) is 2.31. The van der Waals surface area contributed by atoms with E-state index >= 15 is 0 Å². The molecule has 7 nitrogen and oxygen atoms in total. The number of halogens is 1. The Morgan fingerprint density at radius 1 is 1.72 bits per heavy atom. The van der Waals surface area contributed by atoms with Gasteiger partial charge in [-0.05, 0) is 29.8 Å². The van der Waals surface area contributed by atoms with E-state index in [-0.39, 0.29) is 5.69 Å². The summed E-state index contributed by atoms with van der Waals surface area (Å²) in [4.78, 5) is 25.3. The first-order valence-electron chi connectivity index (χ1n) is 5.18. The number of hydrogen-bond acceptors (Lipinski definition) is 6. The number of carbonyl (C=O) groups is 1. The highest BCUT2D eigenvalue weighted by atomic mass is 79.9. The van der Waals surface area contributed by atoms with Gasteiger partial charge in [-0.3, -0.25) is 10.1 Å². The molecule has 1 atom stereocenters. The number of rotatable bonds is 5. The number of ether oxygens (including phenoxy) is 1. The SMILES string of the molecule is CCOC(=O)C(C)Nc1ncc([N+](=O)[O-])cc1Br. The molecule has 0 saturated heterocycles. The molecule has 18 heavy (non-hydrogen) atoms. The lowest BCUT2D eigenvalue weighted by molar-refractivity contribution is -0.385. The second-order valence-electron chi connectivity index (χ2n) is 3.40. The molecule has 0 radical (unpaired) electrons. The largest absolute Gasteiger partial charge is 0.464 e. The summed E-state index contributed by atoms with van der Waals surface area (Å²) in [5.74, 6) is -0.0642. The summed E-state index contributed by atoms with van der Waals surface area (Å²) in [6, 6.07) is 0.725. The second-order valence-corrected chi connectivity index (χ2v) is 4.25. The van der Waals surface area contributed by atoms with Crippen molar-refractivity contribution in [2.24, 2.45) is 0 Å². The minimum absolute atomic E-state index is 0.129. The van der Waals surface area contributed by atoms with Crippen LogP contribution < -0.4 is 5.32 Å². The van der Waals surface area contributed by atoms with Gasteiger partial charge in [0.15, 0.2) is 0 Å². The molecule has 0 aliphatic carbocycles. The van der Waals surface area contributed by atoms with Crippen molar-refractivity contribution in [1.29, 1.82) is 0 Å². The molecule has 0 saturated carbocycles. The van der Waals surface area contributed by atoms with Crippen LogP contribution in [-0.4, -0.2) is 28.5 Å². The van der Waals surface area contributed by atoms with E-state index < -0.39 is 16.9 Å².